The van der Waals surface area contributed by atoms with E-state index in [1.54, 1.807) is 19.2 Å². The van der Waals surface area contributed by atoms with Crippen LogP contribution in [-0.4, -0.2) is 7.11 Å². The Labute approximate surface area is 113 Å². The summed E-state index contributed by atoms with van der Waals surface area (Å²) in [4.78, 5) is 0. The fraction of sp³-hybridized carbons (Fsp3) is 0.250. The Kier molecular flexibility index (Phi) is 4.05. The van der Waals surface area contributed by atoms with Crippen molar-refractivity contribution in [2.75, 3.05) is 12.4 Å². The zero-order valence-corrected chi connectivity index (χ0v) is 11.5. The first kappa shape index (κ1) is 13.4. The van der Waals surface area contributed by atoms with E-state index in [-0.39, 0.29) is 5.82 Å². The molecule has 100 valence electrons. The Morgan fingerprint density at radius 1 is 1.11 bits per heavy atom. The number of hydrogen-bond donors (Lipinski definition) is 1. The maximum Gasteiger partial charge on any atom is 0.146 e. The largest absolute Gasteiger partial charge is 0.496 e. The molecule has 0 saturated heterocycles. The van der Waals surface area contributed by atoms with Gasteiger partial charge in [0.15, 0.2) is 0 Å². The molecule has 0 spiro atoms. The minimum atomic E-state index is -0.245. The highest BCUT2D eigenvalue weighted by atomic mass is 19.1. The average Bonchev–Trinajstić information content (AvgIpc) is 2.41. The molecule has 0 saturated carbocycles. The molecule has 1 N–H and O–H groups in total. The molecule has 0 aliphatic rings. The molecule has 19 heavy (non-hydrogen) atoms. The molecule has 0 aliphatic carbocycles. The van der Waals surface area contributed by atoms with Crippen molar-refractivity contribution in [3.05, 3.63) is 58.9 Å². The lowest BCUT2D eigenvalue weighted by Gasteiger charge is -2.13. The number of anilines is 1. The van der Waals surface area contributed by atoms with Crippen molar-refractivity contribution in [1.29, 1.82) is 0 Å². The Morgan fingerprint density at radius 2 is 1.79 bits per heavy atom. The third-order valence-electron chi connectivity index (χ3n) is 3.24. The molecule has 0 heterocycles. The first-order chi connectivity index (χ1) is 9.11. The van der Waals surface area contributed by atoms with Gasteiger partial charge in [0, 0.05) is 12.1 Å². The number of aryl methyl sites for hydroxylation is 2. The van der Waals surface area contributed by atoms with Crippen LogP contribution < -0.4 is 10.1 Å². The number of para-hydroxylation sites is 1. The van der Waals surface area contributed by atoms with Crippen molar-refractivity contribution in [3.63, 3.8) is 0 Å². The molecule has 0 aromatic heterocycles. The van der Waals surface area contributed by atoms with Crippen molar-refractivity contribution < 1.29 is 9.13 Å². The zero-order valence-electron chi connectivity index (χ0n) is 11.5. The SMILES string of the molecule is COc1cc(C)c(C)cc1CNc1ccccc1F. The van der Waals surface area contributed by atoms with Crippen molar-refractivity contribution in [2.24, 2.45) is 0 Å². The van der Waals surface area contributed by atoms with Crippen LogP contribution in [0.2, 0.25) is 0 Å². The lowest BCUT2D eigenvalue weighted by atomic mass is 10.0. The third kappa shape index (κ3) is 3.05. The number of halogens is 1. The second-order valence-electron chi connectivity index (χ2n) is 4.58. The van der Waals surface area contributed by atoms with Gasteiger partial charge in [0.1, 0.15) is 11.6 Å². The van der Waals surface area contributed by atoms with Gasteiger partial charge in [-0.15, -0.1) is 0 Å². The van der Waals surface area contributed by atoms with Gasteiger partial charge in [0.05, 0.1) is 12.8 Å². The summed E-state index contributed by atoms with van der Waals surface area (Å²) in [6.45, 7) is 4.64. The summed E-state index contributed by atoms with van der Waals surface area (Å²) in [5.74, 6) is 0.581. The van der Waals surface area contributed by atoms with E-state index < -0.39 is 0 Å². The van der Waals surface area contributed by atoms with Gasteiger partial charge in [-0.1, -0.05) is 18.2 Å². The number of rotatable bonds is 4. The standard InChI is InChI=1S/C16H18FNO/c1-11-8-13(16(19-3)9-12(11)2)10-18-15-7-5-4-6-14(15)17/h4-9,18H,10H2,1-3H3. The lowest BCUT2D eigenvalue weighted by Crippen LogP contribution is -2.04. The van der Waals surface area contributed by atoms with E-state index in [2.05, 4.69) is 18.3 Å². The summed E-state index contributed by atoms with van der Waals surface area (Å²) in [5, 5.41) is 3.10. The van der Waals surface area contributed by atoms with E-state index in [9.17, 15) is 4.39 Å². The van der Waals surface area contributed by atoms with Crippen molar-refractivity contribution >= 4 is 5.69 Å². The zero-order chi connectivity index (χ0) is 13.8. The lowest BCUT2D eigenvalue weighted by molar-refractivity contribution is 0.410. The Hall–Kier alpha value is -2.03. The summed E-state index contributed by atoms with van der Waals surface area (Å²) in [5.41, 5.74) is 3.91. The van der Waals surface area contributed by atoms with Crippen LogP contribution in [0.15, 0.2) is 36.4 Å². The summed E-state index contributed by atoms with van der Waals surface area (Å²) >= 11 is 0. The summed E-state index contributed by atoms with van der Waals surface area (Å²) in [7, 11) is 1.65. The van der Waals surface area contributed by atoms with Gasteiger partial charge in [-0.3, -0.25) is 0 Å². The van der Waals surface area contributed by atoms with E-state index in [4.69, 9.17) is 4.74 Å². The van der Waals surface area contributed by atoms with Gasteiger partial charge in [-0.05, 0) is 43.2 Å². The van der Waals surface area contributed by atoms with Gasteiger partial charge in [-0.25, -0.2) is 4.39 Å². The van der Waals surface area contributed by atoms with E-state index in [0.717, 1.165) is 11.3 Å². The van der Waals surface area contributed by atoms with Crippen LogP contribution in [-0.2, 0) is 6.54 Å². The summed E-state index contributed by atoms with van der Waals surface area (Å²) in [6.07, 6.45) is 0. The van der Waals surface area contributed by atoms with E-state index in [0.29, 0.717) is 12.2 Å². The second-order valence-corrected chi connectivity index (χ2v) is 4.58. The Bertz CT molecular complexity index is 581. The van der Waals surface area contributed by atoms with Gasteiger partial charge in [0.25, 0.3) is 0 Å². The number of benzene rings is 2. The molecule has 2 aromatic rings. The normalized spacial score (nSPS) is 10.3. The molecule has 0 atom stereocenters. The molecule has 0 amide bonds. The molecule has 0 radical (unpaired) electrons. The van der Waals surface area contributed by atoms with Crippen LogP contribution in [0.1, 0.15) is 16.7 Å². The molecule has 0 aliphatic heterocycles. The van der Waals surface area contributed by atoms with Gasteiger partial charge >= 0.3 is 0 Å². The Morgan fingerprint density at radius 3 is 2.47 bits per heavy atom. The third-order valence-corrected chi connectivity index (χ3v) is 3.24. The van der Waals surface area contributed by atoms with Gasteiger partial charge < -0.3 is 10.1 Å². The highest BCUT2D eigenvalue weighted by Gasteiger charge is 2.07. The summed E-state index contributed by atoms with van der Waals surface area (Å²) < 4.78 is 18.9. The molecule has 0 unspecified atom stereocenters. The molecule has 0 fully saturated rings. The molecule has 2 aromatic carbocycles. The Balaban J connectivity index is 2.20. The fourth-order valence-corrected chi connectivity index (χ4v) is 1.97. The van der Waals surface area contributed by atoms with Crippen LogP contribution in [0, 0.1) is 19.7 Å². The van der Waals surface area contributed by atoms with E-state index in [1.807, 2.05) is 19.1 Å². The molecule has 0 bridgehead atoms. The highest BCUT2D eigenvalue weighted by Crippen LogP contribution is 2.24. The number of ether oxygens (including phenoxy) is 1. The maximum absolute atomic E-state index is 13.5. The van der Waals surface area contributed by atoms with Crippen LogP contribution in [0.4, 0.5) is 10.1 Å². The van der Waals surface area contributed by atoms with E-state index in [1.165, 1.54) is 17.2 Å². The van der Waals surface area contributed by atoms with Gasteiger partial charge in [0.2, 0.25) is 0 Å². The topological polar surface area (TPSA) is 21.3 Å². The predicted molar refractivity (Wildman–Crippen MR) is 76.2 cm³/mol. The van der Waals surface area contributed by atoms with Crippen LogP contribution in [0.5, 0.6) is 5.75 Å². The number of nitrogens with one attached hydrogen (secondary N) is 1. The first-order valence-electron chi connectivity index (χ1n) is 6.24. The van der Waals surface area contributed by atoms with Crippen LogP contribution in [0.25, 0.3) is 0 Å². The van der Waals surface area contributed by atoms with Crippen LogP contribution >= 0.6 is 0 Å². The molecular formula is C16H18FNO. The highest BCUT2D eigenvalue weighted by molar-refractivity contribution is 5.48. The minimum absolute atomic E-state index is 0.245. The maximum atomic E-state index is 13.5. The van der Waals surface area contributed by atoms with Crippen molar-refractivity contribution in [3.8, 4) is 5.75 Å². The smallest absolute Gasteiger partial charge is 0.146 e. The monoisotopic (exact) mass is 259 g/mol. The van der Waals surface area contributed by atoms with Gasteiger partial charge in [-0.2, -0.15) is 0 Å². The average molecular weight is 259 g/mol. The van der Waals surface area contributed by atoms with Crippen molar-refractivity contribution in [2.45, 2.75) is 20.4 Å². The minimum Gasteiger partial charge on any atom is -0.496 e. The second kappa shape index (κ2) is 5.74. The number of methoxy groups -OCH3 is 1. The molecule has 2 nitrogen and oxygen atoms in total. The molecule has 3 heteroatoms. The fourth-order valence-electron chi connectivity index (χ4n) is 1.97. The molecule has 2 rings (SSSR count). The quantitative estimate of drug-likeness (QED) is 0.894. The summed E-state index contributed by atoms with van der Waals surface area (Å²) in [6, 6.07) is 10.7. The van der Waals surface area contributed by atoms with Crippen molar-refractivity contribution in [1.82, 2.24) is 0 Å². The van der Waals surface area contributed by atoms with Crippen LogP contribution in [0.3, 0.4) is 0 Å². The first-order valence-corrected chi connectivity index (χ1v) is 6.24. The predicted octanol–water partition coefficient (Wildman–Crippen LogP) is 4.06. The molecular weight excluding hydrogens is 241 g/mol. The number of hydrogen-bond acceptors (Lipinski definition) is 2. The van der Waals surface area contributed by atoms with E-state index >= 15 is 0 Å².